The second-order valence-corrected chi connectivity index (χ2v) is 3.96. The van der Waals surface area contributed by atoms with Crippen LogP contribution in [0, 0.1) is 5.92 Å². The maximum atomic E-state index is 11.6. The summed E-state index contributed by atoms with van der Waals surface area (Å²) in [6.07, 6.45) is 3.74. The molecule has 0 aromatic carbocycles. The largest absolute Gasteiger partial charge is 0.396 e. The lowest BCUT2D eigenvalue weighted by Gasteiger charge is -2.12. The molecule has 0 aromatic heterocycles. The summed E-state index contributed by atoms with van der Waals surface area (Å²) in [6.45, 7) is 0.872. The number of hydrogen-bond acceptors (Lipinski definition) is 4. The molecule has 0 spiro atoms. The average Bonchev–Trinajstić information content (AvgIpc) is 2.30. The monoisotopic (exact) mass is 245 g/mol. The Labute approximate surface area is 102 Å². The minimum atomic E-state index is -0.768. The van der Waals surface area contributed by atoms with Crippen molar-refractivity contribution in [2.24, 2.45) is 17.4 Å². The van der Waals surface area contributed by atoms with Gasteiger partial charge in [-0.25, -0.2) is 0 Å². The summed E-state index contributed by atoms with van der Waals surface area (Å²) in [7, 11) is 0. The van der Waals surface area contributed by atoms with Crippen LogP contribution in [0.1, 0.15) is 32.1 Å². The molecule has 1 atom stereocenters. The predicted molar refractivity (Wildman–Crippen MR) is 64.9 cm³/mol. The van der Waals surface area contributed by atoms with Crippen molar-refractivity contribution in [2.45, 2.75) is 32.1 Å². The molecule has 6 heteroatoms. The van der Waals surface area contributed by atoms with Crippen LogP contribution in [0.2, 0.25) is 0 Å². The Morgan fingerprint density at radius 3 is 2.35 bits per heavy atom. The number of amides is 2. The van der Waals surface area contributed by atoms with Gasteiger partial charge in [0.1, 0.15) is 5.92 Å². The minimum Gasteiger partial charge on any atom is -0.396 e. The summed E-state index contributed by atoms with van der Waals surface area (Å²) in [6, 6.07) is 0. The van der Waals surface area contributed by atoms with E-state index in [-0.39, 0.29) is 12.5 Å². The lowest BCUT2D eigenvalue weighted by atomic mass is 9.99. The first-order valence-corrected chi connectivity index (χ1v) is 6.01. The maximum absolute atomic E-state index is 11.6. The van der Waals surface area contributed by atoms with Crippen LogP contribution in [0.3, 0.4) is 0 Å². The minimum absolute atomic E-state index is 0.177. The van der Waals surface area contributed by atoms with Crippen LogP contribution in [-0.2, 0) is 9.59 Å². The summed E-state index contributed by atoms with van der Waals surface area (Å²) < 4.78 is 0. The summed E-state index contributed by atoms with van der Waals surface area (Å²) in [5.74, 6) is -1.71. The van der Waals surface area contributed by atoms with Gasteiger partial charge in [0.05, 0.1) is 0 Å². The van der Waals surface area contributed by atoms with E-state index >= 15 is 0 Å². The molecule has 0 saturated heterocycles. The smallest absolute Gasteiger partial charge is 0.232 e. The van der Waals surface area contributed by atoms with Crippen molar-refractivity contribution in [3.05, 3.63) is 0 Å². The van der Waals surface area contributed by atoms with Crippen LogP contribution in [0.25, 0.3) is 0 Å². The van der Waals surface area contributed by atoms with Gasteiger partial charge < -0.3 is 21.9 Å². The Balaban J connectivity index is 3.90. The molecule has 6 N–H and O–H groups in total. The van der Waals surface area contributed by atoms with Gasteiger partial charge in [-0.1, -0.05) is 19.3 Å². The summed E-state index contributed by atoms with van der Waals surface area (Å²) in [5.41, 5.74) is 10.4. The van der Waals surface area contributed by atoms with E-state index in [1.54, 1.807) is 0 Å². The first kappa shape index (κ1) is 15.9. The second kappa shape index (κ2) is 10.0. The van der Waals surface area contributed by atoms with Crippen LogP contribution in [0.5, 0.6) is 0 Å². The van der Waals surface area contributed by atoms with Gasteiger partial charge in [0.2, 0.25) is 11.8 Å². The Bertz CT molecular complexity index is 234. The summed E-state index contributed by atoms with van der Waals surface area (Å²) >= 11 is 0. The molecule has 0 bridgehead atoms. The van der Waals surface area contributed by atoms with Crippen molar-refractivity contribution < 1.29 is 14.7 Å². The van der Waals surface area contributed by atoms with Crippen LogP contribution in [-0.4, -0.2) is 36.6 Å². The van der Waals surface area contributed by atoms with Crippen molar-refractivity contribution in [3.8, 4) is 0 Å². The van der Waals surface area contributed by atoms with Gasteiger partial charge in [-0.3, -0.25) is 9.59 Å². The van der Waals surface area contributed by atoms with Gasteiger partial charge in [0.25, 0.3) is 0 Å². The Hall–Kier alpha value is -1.14. The van der Waals surface area contributed by atoms with Crippen molar-refractivity contribution in [1.29, 1.82) is 0 Å². The molecule has 6 nitrogen and oxygen atoms in total. The number of carbonyl (C=O) groups is 2. The molecule has 0 rings (SSSR count). The molecule has 0 fully saturated rings. The van der Waals surface area contributed by atoms with E-state index in [1.807, 2.05) is 0 Å². The van der Waals surface area contributed by atoms with E-state index in [0.717, 1.165) is 25.7 Å². The second-order valence-electron chi connectivity index (χ2n) is 3.96. The number of unbranched alkanes of at least 4 members (excludes halogenated alkanes) is 3. The standard InChI is InChI=1S/C11H23N3O3/c12-6-7-14-11(17)9(10(13)16)5-3-1-2-4-8-15/h9,15H,1-8,12H2,(H2,13,16)(H,14,17)/t9-/m0/s1. The molecule has 0 heterocycles. The Kier molecular flexibility index (Phi) is 9.37. The number of aliphatic hydroxyl groups is 1. The molecule has 17 heavy (non-hydrogen) atoms. The Morgan fingerprint density at radius 2 is 1.82 bits per heavy atom. The highest BCUT2D eigenvalue weighted by Gasteiger charge is 2.22. The normalized spacial score (nSPS) is 12.1. The third-order valence-corrected chi connectivity index (χ3v) is 2.50. The van der Waals surface area contributed by atoms with Crippen molar-refractivity contribution >= 4 is 11.8 Å². The number of hydrogen-bond donors (Lipinski definition) is 4. The zero-order valence-electron chi connectivity index (χ0n) is 10.2. The van der Waals surface area contributed by atoms with Gasteiger partial charge in [-0.2, -0.15) is 0 Å². The highest BCUT2D eigenvalue weighted by atomic mass is 16.3. The molecule has 2 amide bonds. The van der Waals surface area contributed by atoms with Gasteiger partial charge in [0, 0.05) is 19.7 Å². The van der Waals surface area contributed by atoms with Crippen LogP contribution >= 0.6 is 0 Å². The highest BCUT2D eigenvalue weighted by Crippen LogP contribution is 2.11. The van der Waals surface area contributed by atoms with Crippen LogP contribution in [0.4, 0.5) is 0 Å². The lowest BCUT2D eigenvalue weighted by Crippen LogP contribution is -2.40. The first-order chi connectivity index (χ1) is 8.13. The zero-order chi connectivity index (χ0) is 13.1. The number of nitrogens with one attached hydrogen (secondary N) is 1. The fourth-order valence-electron chi connectivity index (χ4n) is 1.53. The highest BCUT2D eigenvalue weighted by molar-refractivity contribution is 5.99. The molecule has 100 valence electrons. The molecular formula is C11H23N3O3. The van der Waals surface area contributed by atoms with Crippen molar-refractivity contribution in [1.82, 2.24) is 5.32 Å². The lowest BCUT2D eigenvalue weighted by molar-refractivity contribution is -0.133. The van der Waals surface area contributed by atoms with E-state index < -0.39 is 11.8 Å². The predicted octanol–water partition coefficient (Wildman–Crippen LogP) is -0.894. The van der Waals surface area contributed by atoms with Gasteiger partial charge >= 0.3 is 0 Å². The third kappa shape index (κ3) is 7.70. The summed E-state index contributed by atoms with van der Waals surface area (Å²) in [5, 5.41) is 11.2. The van der Waals surface area contributed by atoms with E-state index in [2.05, 4.69) is 5.32 Å². The average molecular weight is 245 g/mol. The summed E-state index contributed by atoms with van der Waals surface area (Å²) in [4.78, 5) is 22.7. The molecular weight excluding hydrogens is 222 g/mol. The number of carbonyl (C=O) groups excluding carboxylic acids is 2. The fourth-order valence-corrected chi connectivity index (χ4v) is 1.53. The molecule has 0 aliphatic heterocycles. The molecule has 0 aliphatic carbocycles. The van der Waals surface area contributed by atoms with Crippen molar-refractivity contribution in [3.63, 3.8) is 0 Å². The SMILES string of the molecule is NCCNC(=O)[C@@H](CCCCCCO)C(N)=O. The Morgan fingerprint density at radius 1 is 1.18 bits per heavy atom. The first-order valence-electron chi connectivity index (χ1n) is 6.01. The number of primary amides is 1. The van der Waals surface area contributed by atoms with Gasteiger partial charge in [-0.15, -0.1) is 0 Å². The number of rotatable bonds is 10. The van der Waals surface area contributed by atoms with Crippen LogP contribution < -0.4 is 16.8 Å². The maximum Gasteiger partial charge on any atom is 0.232 e. The zero-order valence-corrected chi connectivity index (χ0v) is 10.2. The third-order valence-electron chi connectivity index (χ3n) is 2.50. The van der Waals surface area contributed by atoms with Crippen LogP contribution in [0.15, 0.2) is 0 Å². The van der Waals surface area contributed by atoms with E-state index in [4.69, 9.17) is 16.6 Å². The molecule has 0 aromatic rings. The molecule has 0 aliphatic rings. The molecule has 0 unspecified atom stereocenters. The fraction of sp³-hybridized carbons (Fsp3) is 0.818. The van der Waals surface area contributed by atoms with Gasteiger partial charge in [0.15, 0.2) is 0 Å². The van der Waals surface area contributed by atoms with E-state index in [9.17, 15) is 9.59 Å². The van der Waals surface area contributed by atoms with E-state index in [0.29, 0.717) is 19.5 Å². The van der Waals surface area contributed by atoms with E-state index in [1.165, 1.54) is 0 Å². The number of nitrogens with two attached hydrogens (primary N) is 2. The number of aliphatic hydroxyl groups excluding tert-OH is 1. The van der Waals surface area contributed by atoms with Gasteiger partial charge in [-0.05, 0) is 12.8 Å². The molecule has 0 radical (unpaired) electrons. The van der Waals surface area contributed by atoms with Crippen molar-refractivity contribution in [2.75, 3.05) is 19.7 Å². The molecule has 0 saturated carbocycles. The topological polar surface area (TPSA) is 118 Å². The quantitative estimate of drug-likeness (QED) is 0.295.